The van der Waals surface area contributed by atoms with Crippen molar-refractivity contribution >= 4 is 9.84 Å². The number of benzene rings is 1. The lowest BCUT2D eigenvalue weighted by atomic mass is 10.0. The fraction of sp³-hybridized carbons (Fsp3) is 0.538. The van der Waals surface area contributed by atoms with Crippen LogP contribution in [0.1, 0.15) is 25.8 Å². The van der Waals surface area contributed by atoms with Crippen molar-refractivity contribution in [1.82, 2.24) is 5.32 Å². The molecule has 0 aromatic heterocycles. The number of nitrogens with one attached hydrogen (secondary N) is 1. The van der Waals surface area contributed by atoms with Gasteiger partial charge in [-0.15, -0.1) is 0 Å². The van der Waals surface area contributed by atoms with Gasteiger partial charge >= 0.3 is 0 Å². The Morgan fingerprint density at radius 2 is 1.78 bits per heavy atom. The molecule has 0 aliphatic heterocycles. The Labute approximate surface area is 110 Å². The molecule has 0 heterocycles. The molecule has 102 valence electrons. The molecule has 0 aliphatic carbocycles. The zero-order valence-corrected chi connectivity index (χ0v) is 12.0. The van der Waals surface area contributed by atoms with Crippen LogP contribution in [0.25, 0.3) is 0 Å². The van der Waals surface area contributed by atoms with E-state index in [0.717, 1.165) is 25.1 Å². The van der Waals surface area contributed by atoms with Crippen molar-refractivity contribution in [2.75, 3.05) is 12.8 Å². The highest BCUT2D eigenvalue weighted by Crippen LogP contribution is 2.10. The van der Waals surface area contributed by atoms with Gasteiger partial charge in [-0.05, 0) is 44.5 Å². The monoisotopic (exact) mass is 270 g/mol. The normalized spacial score (nSPS) is 12.7. The summed E-state index contributed by atoms with van der Waals surface area (Å²) < 4.78 is 22.6. The van der Waals surface area contributed by atoms with Crippen LogP contribution in [0.2, 0.25) is 0 Å². The van der Waals surface area contributed by atoms with Gasteiger partial charge in [0.2, 0.25) is 0 Å². The maximum absolute atomic E-state index is 11.3. The molecule has 0 fully saturated rings. The average molecular weight is 270 g/mol. The van der Waals surface area contributed by atoms with Crippen molar-refractivity contribution < 1.29 is 8.42 Å². The molecule has 4 nitrogen and oxygen atoms in total. The molecule has 0 saturated carbocycles. The Morgan fingerprint density at radius 1 is 1.22 bits per heavy atom. The van der Waals surface area contributed by atoms with Gasteiger partial charge in [0, 0.05) is 18.3 Å². The van der Waals surface area contributed by atoms with E-state index in [0.29, 0.717) is 4.90 Å². The second kappa shape index (κ2) is 5.82. The molecule has 0 unspecified atom stereocenters. The zero-order valence-electron chi connectivity index (χ0n) is 11.2. The van der Waals surface area contributed by atoms with E-state index < -0.39 is 9.84 Å². The molecule has 0 amide bonds. The van der Waals surface area contributed by atoms with Gasteiger partial charge in [-0.25, -0.2) is 8.42 Å². The first-order valence-electron chi connectivity index (χ1n) is 5.97. The van der Waals surface area contributed by atoms with Gasteiger partial charge in [-0.2, -0.15) is 0 Å². The summed E-state index contributed by atoms with van der Waals surface area (Å²) in [5.74, 6) is 0. The highest BCUT2D eigenvalue weighted by Gasteiger charge is 2.09. The van der Waals surface area contributed by atoms with Crippen LogP contribution in [0.5, 0.6) is 0 Å². The molecule has 0 radical (unpaired) electrons. The van der Waals surface area contributed by atoms with Crippen molar-refractivity contribution in [3.8, 4) is 0 Å². The van der Waals surface area contributed by atoms with Crippen LogP contribution in [0, 0.1) is 0 Å². The molecule has 3 N–H and O–H groups in total. The highest BCUT2D eigenvalue weighted by atomic mass is 32.2. The van der Waals surface area contributed by atoms with E-state index in [9.17, 15) is 8.42 Å². The number of hydrogen-bond donors (Lipinski definition) is 2. The van der Waals surface area contributed by atoms with Crippen LogP contribution < -0.4 is 11.1 Å². The lowest BCUT2D eigenvalue weighted by molar-refractivity contribution is 0.455. The van der Waals surface area contributed by atoms with E-state index >= 15 is 0 Å². The van der Waals surface area contributed by atoms with Crippen LogP contribution >= 0.6 is 0 Å². The van der Waals surface area contributed by atoms with Gasteiger partial charge in [0.05, 0.1) is 4.90 Å². The number of sulfone groups is 1. The first-order chi connectivity index (χ1) is 8.18. The van der Waals surface area contributed by atoms with Gasteiger partial charge in [0.25, 0.3) is 0 Å². The summed E-state index contributed by atoms with van der Waals surface area (Å²) in [6, 6.07) is 6.94. The summed E-state index contributed by atoms with van der Waals surface area (Å²) in [6.45, 7) is 5.56. The maximum Gasteiger partial charge on any atom is 0.175 e. The van der Waals surface area contributed by atoms with Crippen molar-refractivity contribution in [3.63, 3.8) is 0 Å². The third kappa shape index (κ3) is 5.62. The molecule has 0 aliphatic rings. The van der Waals surface area contributed by atoms with Crippen LogP contribution in [0.3, 0.4) is 0 Å². The smallest absolute Gasteiger partial charge is 0.175 e. The van der Waals surface area contributed by atoms with Gasteiger partial charge in [0.15, 0.2) is 9.84 Å². The Balaban J connectivity index is 2.45. The third-order valence-corrected chi connectivity index (χ3v) is 3.76. The summed E-state index contributed by atoms with van der Waals surface area (Å²) in [7, 11) is -3.10. The second-order valence-corrected chi connectivity index (χ2v) is 7.35. The minimum atomic E-state index is -3.10. The molecule has 0 atom stereocenters. The summed E-state index contributed by atoms with van der Waals surface area (Å²) in [4.78, 5) is 0.356. The lowest BCUT2D eigenvalue weighted by Gasteiger charge is -2.18. The van der Waals surface area contributed by atoms with Crippen LogP contribution in [-0.4, -0.2) is 26.8 Å². The van der Waals surface area contributed by atoms with Crippen molar-refractivity contribution in [1.29, 1.82) is 0 Å². The molecule has 0 bridgehead atoms. The number of hydrogen-bond acceptors (Lipinski definition) is 4. The van der Waals surface area contributed by atoms with Crippen LogP contribution in [0.4, 0.5) is 0 Å². The third-order valence-electron chi connectivity index (χ3n) is 2.63. The molecular formula is C13H22N2O2S. The van der Waals surface area contributed by atoms with E-state index in [-0.39, 0.29) is 5.54 Å². The molecule has 1 aromatic rings. The van der Waals surface area contributed by atoms with Crippen molar-refractivity contribution in [3.05, 3.63) is 29.8 Å². The SMILES string of the molecule is CC(C)(N)CCNCc1ccc(S(C)(=O)=O)cc1. The van der Waals surface area contributed by atoms with E-state index in [1.807, 2.05) is 26.0 Å². The van der Waals surface area contributed by atoms with E-state index in [1.54, 1.807) is 12.1 Å². The first kappa shape index (κ1) is 15.1. The summed E-state index contributed by atoms with van der Waals surface area (Å²) in [6.07, 6.45) is 2.11. The predicted molar refractivity (Wildman–Crippen MR) is 74.1 cm³/mol. The minimum absolute atomic E-state index is 0.160. The molecule has 5 heteroatoms. The highest BCUT2D eigenvalue weighted by molar-refractivity contribution is 7.90. The van der Waals surface area contributed by atoms with E-state index in [4.69, 9.17) is 5.73 Å². The lowest BCUT2D eigenvalue weighted by Crippen LogP contribution is -2.35. The predicted octanol–water partition coefficient (Wildman–Crippen LogP) is 1.31. The number of nitrogens with two attached hydrogens (primary N) is 1. The van der Waals surface area contributed by atoms with E-state index in [1.165, 1.54) is 6.26 Å². The first-order valence-corrected chi connectivity index (χ1v) is 7.86. The average Bonchev–Trinajstić information content (AvgIpc) is 2.22. The zero-order chi connectivity index (χ0) is 13.8. The second-order valence-electron chi connectivity index (χ2n) is 5.33. The fourth-order valence-electron chi connectivity index (χ4n) is 1.50. The summed E-state index contributed by atoms with van der Waals surface area (Å²) in [5, 5.41) is 3.29. The van der Waals surface area contributed by atoms with Gasteiger partial charge < -0.3 is 11.1 Å². The Kier molecular flexibility index (Phi) is 4.90. The largest absolute Gasteiger partial charge is 0.326 e. The molecule has 0 spiro atoms. The summed E-state index contributed by atoms with van der Waals surface area (Å²) >= 11 is 0. The van der Waals surface area contributed by atoms with Gasteiger partial charge in [0.1, 0.15) is 0 Å². The van der Waals surface area contributed by atoms with Crippen LogP contribution in [-0.2, 0) is 16.4 Å². The molecule has 0 saturated heterocycles. The van der Waals surface area contributed by atoms with Gasteiger partial charge in [-0.1, -0.05) is 12.1 Å². The maximum atomic E-state index is 11.3. The molecule has 1 rings (SSSR count). The standard InChI is InChI=1S/C13H22N2O2S/c1-13(2,14)8-9-15-10-11-4-6-12(7-5-11)18(3,16)17/h4-7,15H,8-10,14H2,1-3H3. The van der Waals surface area contributed by atoms with Crippen LogP contribution in [0.15, 0.2) is 29.2 Å². The fourth-order valence-corrected chi connectivity index (χ4v) is 2.13. The Hall–Kier alpha value is -0.910. The van der Waals surface area contributed by atoms with Crippen molar-refractivity contribution in [2.24, 2.45) is 5.73 Å². The molecular weight excluding hydrogens is 248 g/mol. The Bertz CT molecular complexity index is 473. The van der Waals surface area contributed by atoms with E-state index in [2.05, 4.69) is 5.32 Å². The minimum Gasteiger partial charge on any atom is -0.326 e. The van der Waals surface area contributed by atoms with Gasteiger partial charge in [-0.3, -0.25) is 0 Å². The topological polar surface area (TPSA) is 72.2 Å². The van der Waals surface area contributed by atoms with Crippen molar-refractivity contribution in [2.45, 2.75) is 37.2 Å². The molecule has 18 heavy (non-hydrogen) atoms. The quantitative estimate of drug-likeness (QED) is 0.764. The summed E-state index contributed by atoms with van der Waals surface area (Å²) in [5.41, 5.74) is 6.78. The number of rotatable bonds is 6. The molecule has 1 aromatic carbocycles. The Morgan fingerprint density at radius 3 is 2.22 bits per heavy atom.